The topological polar surface area (TPSA) is 21.3 Å². The van der Waals surface area contributed by atoms with Gasteiger partial charge in [-0.15, -0.1) is 0 Å². The van der Waals surface area contributed by atoms with E-state index in [1.54, 1.807) is 0 Å². The van der Waals surface area contributed by atoms with Gasteiger partial charge < -0.3 is 10.1 Å². The van der Waals surface area contributed by atoms with Crippen molar-refractivity contribution in [3.63, 3.8) is 0 Å². The van der Waals surface area contributed by atoms with Crippen LogP contribution >= 0.6 is 0 Å². The summed E-state index contributed by atoms with van der Waals surface area (Å²) in [5.74, 6) is 1.08. The van der Waals surface area contributed by atoms with E-state index in [0.717, 1.165) is 51.1 Å². The molecular formula is C17H25NO. The summed E-state index contributed by atoms with van der Waals surface area (Å²) < 4.78 is 5.52. The largest absolute Gasteiger partial charge is 0.493 e. The lowest BCUT2D eigenvalue weighted by molar-refractivity contribution is 0.357. The smallest absolute Gasteiger partial charge is 0.122 e. The van der Waals surface area contributed by atoms with Gasteiger partial charge in [-0.1, -0.05) is 31.2 Å². The van der Waals surface area contributed by atoms with Gasteiger partial charge in [0.15, 0.2) is 0 Å². The maximum atomic E-state index is 5.52. The van der Waals surface area contributed by atoms with Crippen LogP contribution in [0.25, 0.3) is 0 Å². The van der Waals surface area contributed by atoms with Crippen LogP contribution < -0.4 is 10.1 Å². The quantitative estimate of drug-likeness (QED) is 0.570. The maximum Gasteiger partial charge on any atom is 0.122 e. The Bertz CT molecular complexity index is 412. The minimum Gasteiger partial charge on any atom is -0.493 e. The summed E-state index contributed by atoms with van der Waals surface area (Å²) >= 11 is 0. The zero-order chi connectivity index (χ0) is 13.3. The Balaban J connectivity index is 1.64. The fraction of sp³-hybridized carbons (Fsp3) is 0.529. The van der Waals surface area contributed by atoms with Crippen molar-refractivity contribution in [2.24, 2.45) is 0 Å². The molecule has 1 aromatic carbocycles. The summed E-state index contributed by atoms with van der Waals surface area (Å²) in [6.45, 7) is 5.28. The molecule has 0 aliphatic carbocycles. The third-order valence-electron chi connectivity index (χ3n) is 3.43. The molecule has 0 amide bonds. The van der Waals surface area contributed by atoms with Crippen molar-refractivity contribution in [3.8, 4) is 5.75 Å². The molecule has 104 valence electrons. The fourth-order valence-corrected chi connectivity index (χ4v) is 2.37. The second-order valence-corrected chi connectivity index (χ2v) is 5.09. The van der Waals surface area contributed by atoms with E-state index in [0.29, 0.717) is 0 Å². The van der Waals surface area contributed by atoms with Gasteiger partial charge in [-0.2, -0.15) is 0 Å². The average Bonchev–Trinajstić information content (AvgIpc) is 2.89. The number of allylic oxidation sites excluding steroid dienone is 1. The molecule has 0 atom stereocenters. The highest BCUT2D eigenvalue weighted by Crippen LogP contribution is 2.26. The number of rotatable bonds is 8. The van der Waals surface area contributed by atoms with Crippen LogP contribution in [0.5, 0.6) is 5.75 Å². The Kier molecular flexibility index (Phi) is 5.96. The van der Waals surface area contributed by atoms with Crippen LogP contribution in [0.4, 0.5) is 0 Å². The van der Waals surface area contributed by atoms with Crippen LogP contribution in [0.1, 0.15) is 37.3 Å². The molecule has 0 radical (unpaired) electrons. The summed E-state index contributed by atoms with van der Waals surface area (Å²) in [4.78, 5) is 0. The molecule has 1 aromatic rings. The van der Waals surface area contributed by atoms with Crippen LogP contribution in [-0.4, -0.2) is 19.7 Å². The summed E-state index contributed by atoms with van der Waals surface area (Å²) in [6.07, 6.45) is 10.3. The van der Waals surface area contributed by atoms with E-state index in [-0.39, 0.29) is 0 Å². The van der Waals surface area contributed by atoms with Crippen LogP contribution in [0.3, 0.4) is 0 Å². The number of fused-ring (bicyclic) bond motifs is 1. The summed E-state index contributed by atoms with van der Waals surface area (Å²) in [5, 5.41) is 3.41. The van der Waals surface area contributed by atoms with Gasteiger partial charge in [0.1, 0.15) is 5.75 Å². The molecule has 1 heterocycles. The van der Waals surface area contributed by atoms with Gasteiger partial charge in [0.05, 0.1) is 6.61 Å². The van der Waals surface area contributed by atoms with Crippen molar-refractivity contribution in [2.45, 2.75) is 39.0 Å². The van der Waals surface area contributed by atoms with E-state index in [1.807, 2.05) is 0 Å². The lowest BCUT2D eigenvalue weighted by atomic mass is 10.0. The standard InChI is InChI=1S/C17H25NO/c1-2-11-18-12-6-4-3-5-7-15-8-9-17-16(14-15)10-13-19-17/h3-4,8-9,14,18H,2,5-7,10-13H2,1H3. The van der Waals surface area contributed by atoms with Gasteiger partial charge in [-0.05, 0) is 56.0 Å². The number of benzene rings is 1. The Morgan fingerprint density at radius 3 is 3.00 bits per heavy atom. The third-order valence-corrected chi connectivity index (χ3v) is 3.43. The Labute approximate surface area is 116 Å². The molecular weight excluding hydrogens is 234 g/mol. The molecule has 2 heteroatoms. The van der Waals surface area contributed by atoms with E-state index < -0.39 is 0 Å². The zero-order valence-electron chi connectivity index (χ0n) is 12.0. The first-order valence-corrected chi connectivity index (χ1v) is 7.50. The van der Waals surface area contributed by atoms with Gasteiger partial charge in [0.25, 0.3) is 0 Å². The zero-order valence-corrected chi connectivity index (χ0v) is 12.0. The van der Waals surface area contributed by atoms with Gasteiger partial charge >= 0.3 is 0 Å². The van der Waals surface area contributed by atoms with Gasteiger partial charge in [0, 0.05) is 6.42 Å². The molecule has 0 saturated carbocycles. The number of nitrogens with one attached hydrogen (secondary N) is 1. The van der Waals surface area contributed by atoms with Crippen LogP contribution in [-0.2, 0) is 12.8 Å². The second-order valence-electron chi connectivity index (χ2n) is 5.09. The minimum atomic E-state index is 0.851. The third kappa shape index (κ3) is 4.71. The molecule has 19 heavy (non-hydrogen) atoms. The van der Waals surface area contributed by atoms with Gasteiger partial charge in [-0.3, -0.25) is 0 Å². The number of ether oxygens (including phenoxy) is 1. The molecule has 0 spiro atoms. The highest BCUT2D eigenvalue weighted by atomic mass is 16.5. The monoisotopic (exact) mass is 259 g/mol. The molecule has 1 aliphatic heterocycles. The lowest BCUT2D eigenvalue weighted by Gasteiger charge is -2.02. The summed E-state index contributed by atoms with van der Waals surface area (Å²) in [5.41, 5.74) is 2.81. The Morgan fingerprint density at radius 1 is 1.21 bits per heavy atom. The summed E-state index contributed by atoms with van der Waals surface area (Å²) in [7, 11) is 0. The Morgan fingerprint density at radius 2 is 2.11 bits per heavy atom. The Hall–Kier alpha value is -1.28. The highest BCUT2D eigenvalue weighted by molar-refractivity contribution is 5.39. The van der Waals surface area contributed by atoms with Gasteiger partial charge in [0.2, 0.25) is 0 Å². The van der Waals surface area contributed by atoms with Crippen molar-refractivity contribution in [1.29, 1.82) is 0 Å². The number of hydrogen-bond acceptors (Lipinski definition) is 2. The molecule has 1 N–H and O–H groups in total. The lowest BCUT2D eigenvalue weighted by Crippen LogP contribution is -2.14. The molecule has 0 aromatic heterocycles. The normalized spacial score (nSPS) is 13.7. The predicted octanol–water partition coefficient (Wildman–Crippen LogP) is 3.50. The van der Waals surface area contributed by atoms with Crippen molar-refractivity contribution in [3.05, 3.63) is 41.5 Å². The average molecular weight is 259 g/mol. The first kappa shape index (κ1) is 14.1. The van der Waals surface area contributed by atoms with Crippen LogP contribution in [0.15, 0.2) is 30.4 Å². The van der Waals surface area contributed by atoms with E-state index in [1.165, 1.54) is 17.5 Å². The first-order valence-electron chi connectivity index (χ1n) is 7.50. The fourth-order valence-electron chi connectivity index (χ4n) is 2.37. The molecule has 2 nitrogen and oxygen atoms in total. The number of hydrogen-bond donors (Lipinski definition) is 1. The van der Waals surface area contributed by atoms with Crippen LogP contribution in [0.2, 0.25) is 0 Å². The van der Waals surface area contributed by atoms with Crippen molar-refractivity contribution >= 4 is 0 Å². The predicted molar refractivity (Wildman–Crippen MR) is 80.9 cm³/mol. The van der Waals surface area contributed by atoms with E-state index in [9.17, 15) is 0 Å². The van der Waals surface area contributed by atoms with Crippen molar-refractivity contribution < 1.29 is 4.74 Å². The van der Waals surface area contributed by atoms with E-state index in [2.05, 4.69) is 42.6 Å². The molecule has 0 unspecified atom stereocenters. The van der Waals surface area contributed by atoms with Crippen LogP contribution in [0, 0.1) is 0 Å². The van der Waals surface area contributed by atoms with Gasteiger partial charge in [-0.25, -0.2) is 0 Å². The van der Waals surface area contributed by atoms with E-state index in [4.69, 9.17) is 4.74 Å². The highest BCUT2D eigenvalue weighted by Gasteiger charge is 2.11. The molecule has 0 saturated heterocycles. The maximum absolute atomic E-state index is 5.52. The molecule has 0 fully saturated rings. The molecule has 1 aliphatic rings. The first-order chi connectivity index (χ1) is 9.40. The molecule has 2 rings (SSSR count). The van der Waals surface area contributed by atoms with Crippen molar-refractivity contribution in [1.82, 2.24) is 5.32 Å². The summed E-state index contributed by atoms with van der Waals surface area (Å²) in [6, 6.07) is 6.62. The van der Waals surface area contributed by atoms with E-state index >= 15 is 0 Å². The minimum absolute atomic E-state index is 0.851. The van der Waals surface area contributed by atoms with Crippen molar-refractivity contribution in [2.75, 3.05) is 19.7 Å². The second kappa shape index (κ2) is 8.00. The SMILES string of the molecule is CCCNCCC=CCCc1ccc2c(c1)CCO2. The number of aryl methyl sites for hydroxylation is 1. The molecule has 0 bridgehead atoms.